The monoisotopic (exact) mass is 424 g/mol. The second-order valence-electron chi connectivity index (χ2n) is 9.71. The summed E-state index contributed by atoms with van der Waals surface area (Å²) in [5, 5.41) is 0. The molecular weight excluding hydrogens is 368 g/mol. The number of carbonyl (C=O) groups excluding carboxylic acids is 1. The molecule has 0 rings (SSSR count). The molecule has 0 aliphatic carbocycles. The molecule has 0 radical (unpaired) electrons. The largest absolute Gasteiger partial charge is 0.465 e. The summed E-state index contributed by atoms with van der Waals surface area (Å²) in [6.45, 7) is 9.48. The summed E-state index contributed by atoms with van der Waals surface area (Å²) < 4.78 is 5.73. The molecule has 0 heterocycles. The van der Waals surface area contributed by atoms with Crippen LogP contribution in [0.1, 0.15) is 156 Å². The molecule has 180 valence electrons. The number of ether oxygens (including phenoxy) is 1. The quantitative estimate of drug-likeness (QED) is 0.120. The Hall–Kier alpha value is -0.530. The van der Waals surface area contributed by atoms with Crippen molar-refractivity contribution >= 4 is 5.97 Å². The lowest BCUT2D eigenvalue weighted by Crippen LogP contribution is -2.19. The van der Waals surface area contributed by atoms with Crippen LogP contribution >= 0.6 is 0 Å². The molecule has 30 heavy (non-hydrogen) atoms. The molecule has 0 fully saturated rings. The van der Waals surface area contributed by atoms with E-state index in [1.54, 1.807) is 0 Å². The molecule has 0 saturated carbocycles. The van der Waals surface area contributed by atoms with E-state index in [-0.39, 0.29) is 11.9 Å². The zero-order valence-electron chi connectivity index (χ0n) is 21.3. The van der Waals surface area contributed by atoms with Gasteiger partial charge in [-0.15, -0.1) is 0 Å². The lowest BCUT2D eigenvalue weighted by molar-refractivity contribution is -0.149. The molecule has 2 unspecified atom stereocenters. The van der Waals surface area contributed by atoms with Gasteiger partial charge < -0.3 is 4.74 Å². The second kappa shape index (κ2) is 23.1. The van der Waals surface area contributed by atoms with Gasteiger partial charge in [-0.25, -0.2) is 0 Å². The van der Waals surface area contributed by atoms with Crippen LogP contribution in [0, 0.1) is 11.8 Å². The summed E-state index contributed by atoms with van der Waals surface area (Å²) in [4.78, 5) is 12.4. The van der Waals surface area contributed by atoms with Gasteiger partial charge >= 0.3 is 5.97 Å². The number of hydrogen-bond acceptors (Lipinski definition) is 2. The Bertz CT molecular complexity index is 353. The first-order valence-corrected chi connectivity index (χ1v) is 13.8. The topological polar surface area (TPSA) is 26.3 Å². The van der Waals surface area contributed by atoms with Crippen molar-refractivity contribution in [3.8, 4) is 0 Å². The van der Waals surface area contributed by atoms with Gasteiger partial charge in [0.05, 0.1) is 12.5 Å². The molecule has 0 saturated heterocycles. The molecule has 0 aliphatic heterocycles. The highest BCUT2D eigenvalue weighted by atomic mass is 16.5. The van der Waals surface area contributed by atoms with Crippen molar-refractivity contribution < 1.29 is 9.53 Å². The van der Waals surface area contributed by atoms with Crippen LogP contribution in [0.15, 0.2) is 0 Å². The summed E-state index contributed by atoms with van der Waals surface area (Å²) in [5.41, 5.74) is 0. The van der Waals surface area contributed by atoms with Crippen molar-refractivity contribution in [3.05, 3.63) is 0 Å². The van der Waals surface area contributed by atoms with Gasteiger partial charge in [0.15, 0.2) is 0 Å². The average molecular weight is 425 g/mol. The summed E-state index contributed by atoms with van der Waals surface area (Å²) >= 11 is 0. The Balaban J connectivity index is 3.74. The number of hydrogen-bond donors (Lipinski definition) is 0. The molecule has 0 aromatic carbocycles. The van der Waals surface area contributed by atoms with Crippen molar-refractivity contribution in [3.63, 3.8) is 0 Å². The van der Waals surface area contributed by atoms with E-state index < -0.39 is 0 Å². The highest BCUT2D eigenvalue weighted by Crippen LogP contribution is 2.20. The van der Waals surface area contributed by atoms with Crippen LogP contribution in [0.25, 0.3) is 0 Å². The maximum Gasteiger partial charge on any atom is 0.308 e. The number of carbonyl (C=O) groups is 1. The fourth-order valence-corrected chi connectivity index (χ4v) is 4.24. The number of esters is 1. The van der Waals surface area contributed by atoms with Gasteiger partial charge in [-0.05, 0) is 25.2 Å². The normalized spacial score (nSPS) is 13.3. The molecular formula is C28H56O2. The van der Waals surface area contributed by atoms with Crippen LogP contribution in [0.3, 0.4) is 0 Å². The minimum absolute atomic E-state index is 0.0390. The minimum Gasteiger partial charge on any atom is -0.465 e. The van der Waals surface area contributed by atoms with Gasteiger partial charge in [-0.2, -0.15) is 0 Å². The third-order valence-corrected chi connectivity index (χ3v) is 6.54. The first-order valence-electron chi connectivity index (χ1n) is 13.8. The van der Waals surface area contributed by atoms with Crippen molar-refractivity contribution in [2.45, 2.75) is 156 Å². The molecule has 0 spiro atoms. The average Bonchev–Trinajstić information content (AvgIpc) is 2.75. The predicted octanol–water partition coefficient (Wildman–Crippen LogP) is 9.64. The van der Waals surface area contributed by atoms with Crippen LogP contribution in [-0.2, 0) is 9.53 Å². The van der Waals surface area contributed by atoms with Crippen LogP contribution in [0.5, 0.6) is 0 Å². The van der Waals surface area contributed by atoms with E-state index >= 15 is 0 Å². The van der Waals surface area contributed by atoms with E-state index in [1.165, 1.54) is 122 Å². The second-order valence-corrected chi connectivity index (χ2v) is 9.71. The Labute approximate surface area is 190 Å². The molecule has 0 N–H and O–H groups in total. The van der Waals surface area contributed by atoms with E-state index in [4.69, 9.17) is 4.74 Å². The Morgan fingerprint density at radius 1 is 0.567 bits per heavy atom. The molecule has 0 bridgehead atoms. The first kappa shape index (κ1) is 29.5. The molecule has 0 aliphatic rings. The summed E-state index contributed by atoms with van der Waals surface area (Å²) in [5.74, 6) is 0.674. The minimum atomic E-state index is 0.0390. The van der Waals surface area contributed by atoms with Crippen molar-refractivity contribution in [2.24, 2.45) is 11.8 Å². The SMILES string of the molecule is CCCCCCCCCCCCCC(C)C(=O)OCC(CCCC)CCCCCC. The van der Waals surface area contributed by atoms with Crippen LogP contribution < -0.4 is 0 Å². The van der Waals surface area contributed by atoms with Crippen LogP contribution in [0.4, 0.5) is 0 Å². The van der Waals surface area contributed by atoms with Crippen molar-refractivity contribution in [1.82, 2.24) is 0 Å². The molecule has 2 nitrogen and oxygen atoms in total. The van der Waals surface area contributed by atoms with Gasteiger partial charge in [0.2, 0.25) is 0 Å². The smallest absolute Gasteiger partial charge is 0.308 e. The lowest BCUT2D eigenvalue weighted by atomic mass is 9.96. The third-order valence-electron chi connectivity index (χ3n) is 6.54. The summed E-state index contributed by atoms with van der Waals surface area (Å²) in [6.07, 6.45) is 26.1. The predicted molar refractivity (Wildman–Crippen MR) is 133 cm³/mol. The Morgan fingerprint density at radius 3 is 1.50 bits per heavy atom. The van der Waals surface area contributed by atoms with Gasteiger partial charge in [0.25, 0.3) is 0 Å². The Morgan fingerprint density at radius 2 is 0.967 bits per heavy atom. The maximum atomic E-state index is 12.4. The van der Waals surface area contributed by atoms with Gasteiger partial charge in [-0.3, -0.25) is 4.79 Å². The van der Waals surface area contributed by atoms with Crippen molar-refractivity contribution in [2.75, 3.05) is 6.61 Å². The zero-order chi connectivity index (χ0) is 22.3. The summed E-state index contributed by atoms with van der Waals surface area (Å²) in [7, 11) is 0. The van der Waals surface area contributed by atoms with E-state index in [2.05, 4.69) is 27.7 Å². The molecule has 0 aromatic heterocycles. The molecule has 2 atom stereocenters. The van der Waals surface area contributed by atoms with Crippen molar-refractivity contribution in [1.29, 1.82) is 0 Å². The Kier molecular flexibility index (Phi) is 22.7. The highest BCUT2D eigenvalue weighted by Gasteiger charge is 2.17. The van der Waals surface area contributed by atoms with Crippen LogP contribution in [0.2, 0.25) is 0 Å². The third kappa shape index (κ3) is 19.4. The van der Waals surface area contributed by atoms with E-state index in [0.717, 1.165) is 6.42 Å². The van der Waals surface area contributed by atoms with E-state index in [9.17, 15) is 4.79 Å². The van der Waals surface area contributed by atoms with E-state index in [1.807, 2.05) is 0 Å². The summed E-state index contributed by atoms with van der Waals surface area (Å²) in [6, 6.07) is 0. The van der Waals surface area contributed by atoms with Gasteiger partial charge in [0, 0.05) is 0 Å². The fraction of sp³-hybridized carbons (Fsp3) is 0.964. The van der Waals surface area contributed by atoms with Gasteiger partial charge in [0.1, 0.15) is 0 Å². The standard InChI is InChI=1S/C28H56O2/c1-5-8-11-13-14-15-16-17-18-19-20-22-26(4)28(29)30-25-27(23-10-7-3)24-21-12-9-6-2/h26-27H,5-25H2,1-4H3. The van der Waals surface area contributed by atoms with E-state index in [0.29, 0.717) is 12.5 Å². The number of rotatable bonds is 23. The highest BCUT2D eigenvalue weighted by molar-refractivity contribution is 5.71. The molecule has 0 amide bonds. The van der Waals surface area contributed by atoms with Crippen LogP contribution in [-0.4, -0.2) is 12.6 Å². The fourth-order valence-electron chi connectivity index (χ4n) is 4.24. The first-order chi connectivity index (χ1) is 14.7. The molecule has 2 heteroatoms. The maximum absolute atomic E-state index is 12.4. The zero-order valence-corrected chi connectivity index (χ0v) is 21.3. The van der Waals surface area contributed by atoms with Gasteiger partial charge in [-0.1, -0.05) is 137 Å². The number of unbranched alkanes of at least 4 members (excludes halogenated alkanes) is 14. The lowest BCUT2D eigenvalue weighted by Gasteiger charge is -2.18. The molecule has 0 aromatic rings.